The lowest BCUT2D eigenvalue weighted by Gasteiger charge is -2.22. The molecule has 6 heteroatoms. The minimum Gasteiger partial charge on any atom is -0.383 e. The molecule has 0 saturated heterocycles. The van der Waals surface area contributed by atoms with Gasteiger partial charge in [-0.25, -0.2) is 9.97 Å². The molecule has 0 aliphatic heterocycles. The van der Waals surface area contributed by atoms with E-state index in [0.717, 1.165) is 5.56 Å². The number of carbonyl (C=O) groups is 1. The fraction of sp³-hybridized carbons (Fsp3) is 0.500. The number of aromatic nitrogens is 2. The molecule has 1 rings (SSSR count). The maximum Gasteiger partial charge on any atom is 0.239 e. The molecular formula is C10H17N5O. The van der Waals surface area contributed by atoms with Crippen LogP contribution in [0.4, 0.5) is 11.6 Å². The third-order valence-electron chi connectivity index (χ3n) is 2.39. The van der Waals surface area contributed by atoms with Crippen LogP contribution in [0.15, 0.2) is 6.33 Å². The quantitative estimate of drug-likeness (QED) is 0.747. The van der Waals surface area contributed by atoms with Crippen LogP contribution < -0.4 is 16.0 Å². The van der Waals surface area contributed by atoms with Crippen LogP contribution in [0.1, 0.15) is 12.5 Å². The lowest BCUT2D eigenvalue weighted by atomic mass is 10.3. The molecule has 0 aliphatic rings. The van der Waals surface area contributed by atoms with Crippen LogP contribution >= 0.6 is 0 Å². The van der Waals surface area contributed by atoms with Crippen LogP contribution in [0.5, 0.6) is 0 Å². The van der Waals surface area contributed by atoms with Crippen LogP contribution in [0.2, 0.25) is 0 Å². The lowest BCUT2D eigenvalue weighted by molar-refractivity contribution is -0.119. The first-order valence-electron chi connectivity index (χ1n) is 5.12. The Bertz CT molecular complexity index is 379. The van der Waals surface area contributed by atoms with E-state index in [1.807, 2.05) is 18.7 Å². The van der Waals surface area contributed by atoms with Crippen molar-refractivity contribution in [3.63, 3.8) is 0 Å². The molecule has 1 aromatic rings. The number of likely N-dealkylation sites (N-methyl/N-ethyl adjacent to an activating group) is 2. The predicted octanol–water partition coefficient (Wildman–Crippen LogP) is -0.0605. The van der Waals surface area contributed by atoms with Crippen molar-refractivity contribution in [3.8, 4) is 0 Å². The van der Waals surface area contributed by atoms with E-state index in [2.05, 4.69) is 15.3 Å². The third-order valence-corrected chi connectivity index (χ3v) is 2.39. The Morgan fingerprint density at radius 1 is 1.56 bits per heavy atom. The van der Waals surface area contributed by atoms with Crippen LogP contribution in [-0.2, 0) is 4.79 Å². The highest BCUT2D eigenvalue weighted by molar-refractivity contribution is 5.81. The van der Waals surface area contributed by atoms with Crippen molar-refractivity contribution >= 4 is 17.5 Å². The van der Waals surface area contributed by atoms with E-state index in [-0.39, 0.29) is 12.5 Å². The van der Waals surface area contributed by atoms with E-state index >= 15 is 0 Å². The summed E-state index contributed by atoms with van der Waals surface area (Å²) in [6.45, 7) is 4.76. The van der Waals surface area contributed by atoms with Crippen LogP contribution in [0.3, 0.4) is 0 Å². The summed E-state index contributed by atoms with van der Waals surface area (Å²) < 4.78 is 0. The van der Waals surface area contributed by atoms with Crippen molar-refractivity contribution in [1.29, 1.82) is 0 Å². The number of hydrogen-bond acceptors (Lipinski definition) is 5. The number of hydrogen-bond donors (Lipinski definition) is 2. The van der Waals surface area contributed by atoms with Gasteiger partial charge in [0.15, 0.2) is 0 Å². The minimum atomic E-state index is -0.0570. The highest BCUT2D eigenvalue weighted by Gasteiger charge is 2.13. The van der Waals surface area contributed by atoms with Gasteiger partial charge in [0.05, 0.1) is 6.54 Å². The summed E-state index contributed by atoms with van der Waals surface area (Å²) in [6, 6.07) is 0. The monoisotopic (exact) mass is 223 g/mol. The molecule has 0 aromatic carbocycles. The van der Waals surface area contributed by atoms with Crippen molar-refractivity contribution in [3.05, 3.63) is 11.9 Å². The summed E-state index contributed by atoms with van der Waals surface area (Å²) >= 11 is 0. The highest BCUT2D eigenvalue weighted by atomic mass is 16.1. The topological polar surface area (TPSA) is 84.1 Å². The number of amides is 1. The number of nitrogens with two attached hydrogens (primary N) is 1. The van der Waals surface area contributed by atoms with Crippen LogP contribution in [0.25, 0.3) is 0 Å². The molecule has 88 valence electrons. The molecule has 0 unspecified atom stereocenters. The molecular weight excluding hydrogens is 206 g/mol. The van der Waals surface area contributed by atoms with E-state index < -0.39 is 0 Å². The Hall–Kier alpha value is -1.85. The van der Waals surface area contributed by atoms with Gasteiger partial charge >= 0.3 is 0 Å². The summed E-state index contributed by atoms with van der Waals surface area (Å²) in [5, 5.41) is 2.58. The first-order valence-corrected chi connectivity index (χ1v) is 5.12. The van der Waals surface area contributed by atoms with Crippen molar-refractivity contribution in [1.82, 2.24) is 15.3 Å². The van der Waals surface area contributed by atoms with E-state index in [0.29, 0.717) is 18.2 Å². The normalized spacial score (nSPS) is 9.94. The van der Waals surface area contributed by atoms with E-state index in [1.165, 1.54) is 6.33 Å². The molecule has 0 atom stereocenters. The van der Waals surface area contributed by atoms with E-state index in [4.69, 9.17) is 5.73 Å². The Labute approximate surface area is 94.9 Å². The zero-order valence-corrected chi connectivity index (χ0v) is 9.82. The second kappa shape index (κ2) is 5.29. The Balaban J connectivity index is 2.95. The highest BCUT2D eigenvalue weighted by Crippen LogP contribution is 2.19. The average molecular weight is 223 g/mol. The zero-order valence-electron chi connectivity index (χ0n) is 9.82. The van der Waals surface area contributed by atoms with Gasteiger partial charge in [0.2, 0.25) is 5.91 Å². The van der Waals surface area contributed by atoms with Gasteiger partial charge in [0, 0.05) is 19.2 Å². The fourth-order valence-corrected chi connectivity index (χ4v) is 1.36. The summed E-state index contributed by atoms with van der Waals surface area (Å²) in [4.78, 5) is 21.2. The SMILES string of the molecule is CCN(CC(=O)NC)c1ncnc(N)c1C. The van der Waals surface area contributed by atoms with Gasteiger partial charge in [0.1, 0.15) is 18.0 Å². The number of nitrogen functional groups attached to an aromatic ring is 1. The second-order valence-electron chi connectivity index (χ2n) is 3.39. The number of nitrogens with one attached hydrogen (secondary N) is 1. The fourth-order valence-electron chi connectivity index (χ4n) is 1.36. The second-order valence-corrected chi connectivity index (χ2v) is 3.39. The Kier molecular flexibility index (Phi) is 4.04. The number of anilines is 2. The molecule has 0 aliphatic carbocycles. The maximum absolute atomic E-state index is 11.3. The third kappa shape index (κ3) is 2.59. The molecule has 6 nitrogen and oxygen atoms in total. The Morgan fingerprint density at radius 3 is 2.81 bits per heavy atom. The Morgan fingerprint density at radius 2 is 2.25 bits per heavy atom. The van der Waals surface area contributed by atoms with Gasteiger partial charge in [-0.05, 0) is 13.8 Å². The van der Waals surface area contributed by atoms with Gasteiger partial charge in [0.25, 0.3) is 0 Å². The molecule has 16 heavy (non-hydrogen) atoms. The van der Waals surface area contributed by atoms with E-state index in [9.17, 15) is 4.79 Å². The van der Waals surface area contributed by atoms with Gasteiger partial charge in [-0.3, -0.25) is 4.79 Å². The van der Waals surface area contributed by atoms with Crippen molar-refractivity contribution < 1.29 is 4.79 Å². The molecule has 0 bridgehead atoms. The molecule has 0 radical (unpaired) electrons. The van der Waals surface area contributed by atoms with Crippen molar-refractivity contribution in [2.75, 3.05) is 30.8 Å². The van der Waals surface area contributed by atoms with Gasteiger partial charge < -0.3 is 16.0 Å². The van der Waals surface area contributed by atoms with Crippen molar-refractivity contribution in [2.45, 2.75) is 13.8 Å². The summed E-state index contributed by atoms with van der Waals surface area (Å²) in [5.74, 6) is 1.09. The van der Waals surface area contributed by atoms with Gasteiger partial charge in [-0.15, -0.1) is 0 Å². The van der Waals surface area contributed by atoms with Crippen molar-refractivity contribution in [2.24, 2.45) is 0 Å². The molecule has 1 heterocycles. The molecule has 3 N–H and O–H groups in total. The largest absolute Gasteiger partial charge is 0.383 e. The molecule has 0 spiro atoms. The first kappa shape index (κ1) is 12.2. The van der Waals surface area contributed by atoms with E-state index in [1.54, 1.807) is 7.05 Å². The summed E-state index contributed by atoms with van der Waals surface area (Å²) in [5.41, 5.74) is 6.50. The van der Waals surface area contributed by atoms with Gasteiger partial charge in [-0.1, -0.05) is 0 Å². The molecule has 1 aromatic heterocycles. The molecule has 0 fully saturated rings. The predicted molar refractivity (Wildman–Crippen MR) is 63.1 cm³/mol. The minimum absolute atomic E-state index is 0.0570. The number of nitrogens with zero attached hydrogens (tertiary/aromatic N) is 3. The van der Waals surface area contributed by atoms with Crippen LogP contribution in [-0.4, -0.2) is 36.0 Å². The lowest BCUT2D eigenvalue weighted by Crippen LogP contribution is -2.36. The number of rotatable bonds is 4. The summed E-state index contributed by atoms with van der Waals surface area (Å²) in [7, 11) is 1.61. The average Bonchev–Trinajstić information content (AvgIpc) is 2.29. The molecule has 0 saturated carbocycles. The smallest absolute Gasteiger partial charge is 0.239 e. The van der Waals surface area contributed by atoms with Crippen LogP contribution in [0, 0.1) is 6.92 Å². The molecule has 1 amide bonds. The standard InChI is InChI=1S/C10H17N5O/c1-4-15(5-8(16)12-3)10-7(2)9(11)13-6-14-10/h6H,4-5H2,1-3H3,(H,12,16)(H2,11,13,14). The number of carbonyl (C=O) groups excluding carboxylic acids is 1. The van der Waals surface area contributed by atoms with Gasteiger partial charge in [-0.2, -0.15) is 0 Å². The zero-order chi connectivity index (χ0) is 12.1. The summed E-state index contributed by atoms with van der Waals surface area (Å²) in [6.07, 6.45) is 1.41. The maximum atomic E-state index is 11.3. The first-order chi connectivity index (χ1) is 7.60.